The van der Waals surface area contributed by atoms with Gasteiger partial charge in [-0.25, -0.2) is 9.37 Å². The molecule has 7 aliphatic rings. The first-order valence-electron chi connectivity index (χ1n) is 22.7. The zero-order valence-corrected chi connectivity index (χ0v) is 36.1. The first kappa shape index (κ1) is 43.1. The predicted octanol–water partition coefficient (Wildman–Crippen LogP) is 5.62. The molecular formula is C46H58F3N9O5. The second-order valence-electron chi connectivity index (χ2n) is 18.9. The van der Waals surface area contributed by atoms with Crippen LogP contribution in [0.15, 0.2) is 48.0 Å². The molecule has 5 fully saturated rings. The number of alkyl halides is 2. The first-order chi connectivity index (χ1) is 30.3. The van der Waals surface area contributed by atoms with Crippen molar-refractivity contribution in [2.24, 2.45) is 17.3 Å². The Morgan fingerprint density at radius 1 is 1.00 bits per heavy atom. The van der Waals surface area contributed by atoms with Crippen molar-refractivity contribution < 1.29 is 37.1 Å². The van der Waals surface area contributed by atoms with Crippen molar-refractivity contribution in [1.82, 2.24) is 25.5 Å². The Morgan fingerprint density at radius 2 is 1.75 bits per heavy atom. The molecule has 4 amide bonds. The van der Waals surface area contributed by atoms with Gasteiger partial charge in [0.15, 0.2) is 5.82 Å². The number of hydrogen-bond acceptors (Lipinski definition) is 11. The van der Waals surface area contributed by atoms with Gasteiger partial charge < -0.3 is 35.0 Å². The van der Waals surface area contributed by atoms with Gasteiger partial charge >= 0.3 is 5.92 Å². The summed E-state index contributed by atoms with van der Waals surface area (Å²) in [6.45, 7) is 3.77. The molecule has 63 heavy (non-hydrogen) atoms. The molecule has 9 rings (SSSR count). The average molecular weight is 874 g/mol. The number of halogens is 3. The molecule has 14 nitrogen and oxygen atoms in total. The number of benzene rings is 1. The Hall–Kier alpha value is -5.19. The maximum atomic E-state index is 15.3. The van der Waals surface area contributed by atoms with Crippen molar-refractivity contribution in [2.45, 2.75) is 107 Å². The zero-order chi connectivity index (χ0) is 44.0. The number of allylic oxidation sites excluding steroid dienone is 1. The molecule has 3 saturated heterocycles. The van der Waals surface area contributed by atoms with E-state index in [0.29, 0.717) is 46.9 Å². The van der Waals surface area contributed by atoms with Crippen LogP contribution in [-0.4, -0.2) is 110 Å². The topological polar surface area (TPSA) is 152 Å². The van der Waals surface area contributed by atoms with Crippen LogP contribution in [0.5, 0.6) is 0 Å². The minimum atomic E-state index is -3.57. The average Bonchev–Trinajstić information content (AvgIpc) is 3.79. The molecule has 2 saturated carbocycles. The lowest BCUT2D eigenvalue weighted by molar-refractivity contribution is -0.140. The number of nitrogens with zero attached hydrogens (tertiary/aromatic N) is 6. The summed E-state index contributed by atoms with van der Waals surface area (Å²) in [5.74, 6) is -5.22. The largest absolute Gasteiger partial charge is 0.495 e. The molecule has 2 aromatic rings. The van der Waals surface area contributed by atoms with E-state index in [1.54, 1.807) is 17.0 Å². The molecule has 1 spiro atoms. The summed E-state index contributed by atoms with van der Waals surface area (Å²) in [4.78, 5) is 66.3. The van der Waals surface area contributed by atoms with Crippen molar-refractivity contribution >= 4 is 46.8 Å². The van der Waals surface area contributed by atoms with Gasteiger partial charge in [0.1, 0.15) is 17.3 Å². The molecule has 0 radical (unpaired) electrons. The second-order valence-corrected chi connectivity index (χ2v) is 18.9. The van der Waals surface area contributed by atoms with Crippen LogP contribution in [0.1, 0.15) is 95.0 Å². The highest BCUT2D eigenvalue weighted by Gasteiger charge is 2.49. The van der Waals surface area contributed by atoms with Crippen molar-refractivity contribution in [1.29, 1.82) is 0 Å². The summed E-state index contributed by atoms with van der Waals surface area (Å²) >= 11 is 0. The van der Waals surface area contributed by atoms with Gasteiger partial charge in [0.2, 0.25) is 23.7 Å². The molecule has 1 aromatic carbocycles. The Morgan fingerprint density at radius 3 is 2.44 bits per heavy atom. The summed E-state index contributed by atoms with van der Waals surface area (Å²) in [5.41, 5.74) is 2.31. The molecule has 2 unspecified atom stereocenters. The fraction of sp³-hybridized carbons (Fsp3) is 0.609. The standard InChI is InChI=1S/C46H58F3N9O5/c1-55-37-25-50-44(54-40(37)58(32-5-3-4-6-32)27-46(48,49)43(55)62)52-35-10-7-30(22-38(35)63-2)41(60)51-31-13-17-56(18-14-31)26-28-23-45(24-28)15-19-57(20-16-45)36-11-8-29(21-34(36)47)33-9-12-39(59)53-42(33)61/h8,10-11,21-22,25,28,30-33H,3-7,9,12-20,23-24,26-27H2,1-2H3,(H,51,60)(H,50,52,54)(H,53,59,61). The van der Waals surface area contributed by atoms with Crippen molar-refractivity contribution in [3.8, 4) is 0 Å². The Balaban J connectivity index is 0.722. The molecule has 4 aliphatic heterocycles. The number of carbonyl (C=O) groups is 4. The minimum absolute atomic E-state index is 0.0576. The maximum Gasteiger partial charge on any atom is 0.342 e. The van der Waals surface area contributed by atoms with E-state index in [9.17, 15) is 19.2 Å². The number of rotatable bonds is 10. The van der Waals surface area contributed by atoms with Gasteiger partial charge in [0, 0.05) is 58.3 Å². The fourth-order valence-electron chi connectivity index (χ4n) is 11.2. The van der Waals surface area contributed by atoms with E-state index in [0.717, 1.165) is 89.0 Å². The predicted molar refractivity (Wildman–Crippen MR) is 231 cm³/mol. The van der Waals surface area contributed by atoms with Gasteiger partial charge in [-0.15, -0.1) is 0 Å². The van der Waals surface area contributed by atoms with Gasteiger partial charge in [-0.1, -0.05) is 25.0 Å². The Kier molecular flexibility index (Phi) is 11.9. The third kappa shape index (κ3) is 8.86. The van der Waals surface area contributed by atoms with Crippen LogP contribution < -0.4 is 30.7 Å². The quantitative estimate of drug-likeness (QED) is 0.255. The van der Waals surface area contributed by atoms with Gasteiger partial charge in [-0.05, 0) is 99.3 Å². The summed E-state index contributed by atoms with van der Waals surface area (Å²) in [6, 6.07) is 5.01. The number of ether oxygens (including phenoxy) is 1. The third-order valence-corrected chi connectivity index (χ3v) is 14.8. The van der Waals surface area contributed by atoms with E-state index in [1.165, 1.54) is 39.3 Å². The molecule has 5 heterocycles. The Bertz CT molecular complexity index is 2170. The normalized spacial score (nSPS) is 25.8. The van der Waals surface area contributed by atoms with Crippen molar-refractivity contribution in [3.63, 3.8) is 0 Å². The second kappa shape index (κ2) is 17.4. The zero-order valence-electron chi connectivity index (χ0n) is 36.1. The fourth-order valence-corrected chi connectivity index (χ4v) is 11.2. The minimum Gasteiger partial charge on any atom is -0.495 e. The van der Waals surface area contributed by atoms with Crippen LogP contribution in [0.4, 0.5) is 36.3 Å². The molecule has 2 atom stereocenters. The van der Waals surface area contributed by atoms with Crippen LogP contribution in [0.2, 0.25) is 0 Å². The number of methoxy groups -OCH3 is 1. The van der Waals surface area contributed by atoms with Crippen LogP contribution in [-0.2, 0) is 23.9 Å². The van der Waals surface area contributed by atoms with E-state index in [-0.39, 0.29) is 59.5 Å². The van der Waals surface area contributed by atoms with Gasteiger partial charge in [-0.2, -0.15) is 13.8 Å². The molecular weight excluding hydrogens is 816 g/mol. The number of piperidine rings is 3. The first-order valence-corrected chi connectivity index (χ1v) is 22.7. The van der Waals surface area contributed by atoms with Crippen molar-refractivity contribution in [2.75, 3.05) is 73.4 Å². The molecule has 3 aliphatic carbocycles. The number of likely N-dealkylation sites (tertiary alicyclic amines) is 1. The lowest BCUT2D eigenvalue weighted by atomic mass is 9.57. The number of anilines is 4. The molecule has 17 heteroatoms. The third-order valence-electron chi connectivity index (χ3n) is 14.8. The summed E-state index contributed by atoms with van der Waals surface area (Å²) in [6.07, 6.45) is 15.7. The molecule has 3 N–H and O–H groups in total. The maximum absolute atomic E-state index is 15.3. The van der Waals surface area contributed by atoms with E-state index in [2.05, 4.69) is 35.7 Å². The van der Waals surface area contributed by atoms with Gasteiger partial charge in [0.25, 0.3) is 5.91 Å². The number of fused-ring (bicyclic) bond motifs is 1. The van der Waals surface area contributed by atoms with Crippen LogP contribution in [0.3, 0.4) is 0 Å². The molecule has 338 valence electrons. The number of nitrogens with one attached hydrogen (secondary N) is 3. The van der Waals surface area contributed by atoms with E-state index in [1.807, 2.05) is 12.1 Å². The highest BCUT2D eigenvalue weighted by Crippen LogP contribution is 2.53. The van der Waals surface area contributed by atoms with Crippen LogP contribution in [0.25, 0.3) is 0 Å². The van der Waals surface area contributed by atoms with Crippen LogP contribution >= 0.6 is 0 Å². The lowest BCUT2D eigenvalue weighted by Crippen LogP contribution is -2.52. The van der Waals surface area contributed by atoms with E-state index < -0.39 is 30.2 Å². The molecule has 1 aromatic heterocycles. The number of imide groups is 1. The Labute approximate surface area is 366 Å². The number of amides is 4. The van der Waals surface area contributed by atoms with E-state index >= 15 is 13.2 Å². The number of carbonyl (C=O) groups excluding carboxylic acids is 4. The highest BCUT2D eigenvalue weighted by molar-refractivity contribution is 6.02. The van der Waals surface area contributed by atoms with Gasteiger partial charge in [0.05, 0.1) is 43.1 Å². The number of hydrogen-bond donors (Lipinski definition) is 3. The smallest absolute Gasteiger partial charge is 0.342 e. The SMILES string of the molecule is COC1=CC(C(=O)NC2CCN(CC3CC4(CCN(c5ccc(C6CCC(=O)NC6=O)cc5F)CC4)C3)CC2)CC=C1Nc1ncc2c(n1)N(C1CCCC1)CC(F)(F)C(=O)N2C. The van der Waals surface area contributed by atoms with E-state index in [4.69, 9.17) is 4.74 Å². The lowest BCUT2D eigenvalue weighted by Gasteiger charge is -2.54. The summed E-state index contributed by atoms with van der Waals surface area (Å²) in [7, 11) is 2.86. The summed E-state index contributed by atoms with van der Waals surface area (Å²) in [5, 5.41) is 8.82. The molecule has 0 bridgehead atoms. The monoisotopic (exact) mass is 873 g/mol. The highest BCUT2D eigenvalue weighted by atomic mass is 19.3. The van der Waals surface area contributed by atoms with Crippen molar-refractivity contribution in [3.05, 3.63) is 59.4 Å². The summed E-state index contributed by atoms with van der Waals surface area (Å²) < 4.78 is 51.1. The van der Waals surface area contributed by atoms with Gasteiger partial charge in [-0.3, -0.25) is 24.5 Å². The van der Waals surface area contributed by atoms with Crippen LogP contribution in [0, 0.1) is 23.1 Å². The number of aromatic nitrogens is 2.